The van der Waals surface area contributed by atoms with Crippen molar-refractivity contribution in [1.29, 1.82) is 0 Å². The van der Waals surface area contributed by atoms with Gasteiger partial charge in [0.05, 0.1) is 12.7 Å². The second-order valence-corrected chi connectivity index (χ2v) is 4.33. The molecule has 0 unspecified atom stereocenters. The van der Waals surface area contributed by atoms with Crippen LogP contribution in [-0.2, 0) is 4.74 Å². The van der Waals surface area contributed by atoms with E-state index in [1.54, 1.807) is 12.1 Å². The monoisotopic (exact) mass is 280 g/mol. The largest absolute Gasteiger partial charge is 0.465 e. The zero-order valence-corrected chi connectivity index (χ0v) is 13.3. The van der Waals surface area contributed by atoms with Gasteiger partial charge in [0, 0.05) is 6.61 Å². The normalized spacial score (nSPS) is 19.5. The molecule has 3 heteroatoms. The van der Waals surface area contributed by atoms with Crippen LogP contribution in [0.25, 0.3) is 0 Å². The molecule has 0 atom stereocenters. The third-order valence-electron chi connectivity index (χ3n) is 3.30. The van der Waals surface area contributed by atoms with Gasteiger partial charge in [0.15, 0.2) is 0 Å². The molecule has 0 amide bonds. The number of hydrogen-bond donors (Lipinski definition) is 1. The quantitative estimate of drug-likeness (QED) is 0.851. The molecule has 2 rings (SSSR count). The predicted octanol–water partition coefficient (Wildman–Crippen LogP) is 4.01. The Labute approximate surface area is 123 Å². The second-order valence-electron chi connectivity index (χ2n) is 4.33. The zero-order valence-electron chi connectivity index (χ0n) is 13.3. The Morgan fingerprint density at radius 3 is 2.05 bits per heavy atom. The summed E-state index contributed by atoms with van der Waals surface area (Å²) >= 11 is 0. The second kappa shape index (κ2) is 10.4. The van der Waals surface area contributed by atoms with Gasteiger partial charge in [0.2, 0.25) is 0 Å². The van der Waals surface area contributed by atoms with Gasteiger partial charge in [-0.25, -0.2) is 4.79 Å². The molecule has 0 radical (unpaired) electrons. The number of aliphatic hydroxyl groups is 1. The standard InChI is InChI=1S/C13H16O3.2C2H6/c1-16-13(15)11-4-2-10(3-5-11)12-6-9(7-12)8-14;2*1-2/h2-5,9,12,14H,6-8H2,1H3;2*1-2H3. The molecule has 1 aromatic rings. The number of ether oxygens (including phenoxy) is 1. The van der Waals surface area contributed by atoms with E-state index in [4.69, 9.17) is 5.11 Å². The first-order valence-electron chi connectivity index (χ1n) is 7.53. The summed E-state index contributed by atoms with van der Waals surface area (Å²) in [4.78, 5) is 11.2. The van der Waals surface area contributed by atoms with Crippen molar-refractivity contribution in [3.63, 3.8) is 0 Å². The van der Waals surface area contributed by atoms with Crippen LogP contribution in [0.1, 0.15) is 62.4 Å². The third kappa shape index (κ3) is 4.97. The fraction of sp³-hybridized carbons (Fsp3) is 0.588. The number of esters is 1. The van der Waals surface area contributed by atoms with E-state index in [9.17, 15) is 4.79 Å². The smallest absolute Gasteiger partial charge is 0.337 e. The lowest BCUT2D eigenvalue weighted by molar-refractivity contribution is 0.0600. The number of carbonyl (C=O) groups excluding carboxylic acids is 1. The van der Waals surface area contributed by atoms with Crippen molar-refractivity contribution in [1.82, 2.24) is 0 Å². The van der Waals surface area contributed by atoms with Gasteiger partial charge in [-0.1, -0.05) is 39.8 Å². The van der Waals surface area contributed by atoms with Gasteiger partial charge in [-0.15, -0.1) is 0 Å². The summed E-state index contributed by atoms with van der Waals surface area (Å²) in [5, 5.41) is 8.94. The third-order valence-corrected chi connectivity index (χ3v) is 3.30. The van der Waals surface area contributed by atoms with Crippen molar-refractivity contribution in [2.75, 3.05) is 13.7 Å². The molecular formula is C17H28O3. The average molecular weight is 280 g/mol. The summed E-state index contributed by atoms with van der Waals surface area (Å²) in [7, 11) is 1.38. The van der Waals surface area contributed by atoms with Crippen LogP contribution in [0.15, 0.2) is 24.3 Å². The van der Waals surface area contributed by atoms with Crippen molar-refractivity contribution >= 4 is 5.97 Å². The van der Waals surface area contributed by atoms with Gasteiger partial charge < -0.3 is 9.84 Å². The molecule has 0 aliphatic heterocycles. The van der Waals surface area contributed by atoms with E-state index in [2.05, 4.69) is 4.74 Å². The molecule has 0 bridgehead atoms. The number of benzene rings is 1. The molecule has 0 spiro atoms. The van der Waals surface area contributed by atoms with Crippen LogP contribution in [0, 0.1) is 5.92 Å². The molecule has 1 aliphatic rings. The minimum absolute atomic E-state index is 0.288. The average Bonchev–Trinajstić information content (AvgIpc) is 2.50. The molecule has 1 N–H and O–H groups in total. The Kier molecular flexibility index (Phi) is 9.73. The van der Waals surface area contributed by atoms with E-state index in [0.29, 0.717) is 17.4 Å². The molecule has 3 nitrogen and oxygen atoms in total. The Balaban J connectivity index is 0.000000829. The van der Waals surface area contributed by atoms with Crippen molar-refractivity contribution in [2.24, 2.45) is 5.92 Å². The molecule has 0 aromatic heterocycles. The lowest BCUT2D eigenvalue weighted by atomic mass is 9.72. The van der Waals surface area contributed by atoms with Crippen molar-refractivity contribution in [3.05, 3.63) is 35.4 Å². The minimum Gasteiger partial charge on any atom is -0.465 e. The van der Waals surface area contributed by atoms with Crippen LogP contribution in [0.4, 0.5) is 0 Å². The number of rotatable bonds is 3. The SMILES string of the molecule is CC.CC.COC(=O)c1ccc(C2CC(CO)C2)cc1. The number of methoxy groups -OCH3 is 1. The van der Waals surface area contributed by atoms with Crippen LogP contribution < -0.4 is 0 Å². The maximum atomic E-state index is 11.2. The fourth-order valence-electron chi connectivity index (χ4n) is 2.17. The predicted molar refractivity (Wildman–Crippen MR) is 83.0 cm³/mol. The maximum absolute atomic E-state index is 11.2. The van der Waals surface area contributed by atoms with Crippen LogP contribution in [0.3, 0.4) is 0 Å². The summed E-state index contributed by atoms with van der Waals surface area (Å²) in [5.41, 5.74) is 1.83. The van der Waals surface area contributed by atoms with Gasteiger partial charge in [-0.05, 0) is 42.4 Å². The van der Waals surface area contributed by atoms with Crippen LogP contribution in [-0.4, -0.2) is 24.8 Å². The number of hydrogen-bond acceptors (Lipinski definition) is 3. The van der Waals surface area contributed by atoms with Gasteiger partial charge in [0.1, 0.15) is 0 Å². The topological polar surface area (TPSA) is 46.5 Å². The maximum Gasteiger partial charge on any atom is 0.337 e. The minimum atomic E-state index is -0.298. The Morgan fingerprint density at radius 2 is 1.65 bits per heavy atom. The lowest BCUT2D eigenvalue weighted by Crippen LogP contribution is -2.24. The Hall–Kier alpha value is -1.35. The first kappa shape index (κ1) is 18.7. The first-order valence-corrected chi connectivity index (χ1v) is 7.53. The number of carbonyl (C=O) groups is 1. The van der Waals surface area contributed by atoms with Gasteiger partial charge in [0.25, 0.3) is 0 Å². The molecule has 1 aliphatic carbocycles. The summed E-state index contributed by atoms with van der Waals surface area (Å²) in [6.45, 7) is 8.29. The van der Waals surface area contributed by atoms with Crippen molar-refractivity contribution in [2.45, 2.75) is 46.5 Å². The molecular weight excluding hydrogens is 252 g/mol. The Bertz CT molecular complexity index is 364. The van der Waals surface area contributed by atoms with Crippen LogP contribution in [0.5, 0.6) is 0 Å². The highest BCUT2D eigenvalue weighted by atomic mass is 16.5. The first-order chi connectivity index (χ1) is 9.74. The fourth-order valence-corrected chi connectivity index (χ4v) is 2.17. The van der Waals surface area contributed by atoms with E-state index in [1.165, 1.54) is 12.7 Å². The molecule has 114 valence electrons. The molecule has 1 aromatic carbocycles. The molecule has 1 fully saturated rings. The zero-order chi connectivity index (χ0) is 15.5. The van der Waals surface area contributed by atoms with E-state index < -0.39 is 0 Å². The highest BCUT2D eigenvalue weighted by Crippen LogP contribution is 2.41. The van der Waals surface area contributed by atoms with Crippen molar-refractivity contribution < 1.29 is 14.6 Å². The van der Waals surface area contributed by atoms with E-state index in [-0.39, 0.29) is 12.6 Å². The van der Waals surface area contributed by atoms with Gasteiger partial charge in [-0.2, -0.15) is 0 Å². The highest BCUT2D eigenvalue weighted by Gasteiger charge is 2.29. The van der Waals surface area contributed by atoms with E-state index in [0.717, 1.165) is 12.8 Å². The Morgan fingerprint density at radius 1 is 1.15 bits per heavy atom. The molecule has 20 heavy (non-hydrogen) atoms. The summed E-state index contributed by atoms with van der Waals surface area (Å²) in [5.74, 6) is 0.711. The molecule has 0 heterocycles. The summed E-state index contributed by atoms with van der Waals surface area (Å²) < 4.78 is 4.64. The molecule has 1 saturated carbocycles. The molecule has 0 saturated heterocycles. The van der Waals surface area contributed by atoms with Crippen LogP contribution >= 0.6 is 0 Å². The van der Waals surface area contributed by atoms with E-state index in [1.807, 2.05) is 39.8 Å². The summed E-state index contributed by atoms with van der Waals surface area (Å²) in [6, 6.07) is 7.55. The van der Waals surface area contributed by atoms with E-state index >= 15 is 0 Å². The van der Waals surface area contributed by atoms with Crippen molar-refractivity contribution in [3.8, 4) is 0 Å². The highest BCUT2D eigenvalue weighted by molar-refractivity contribution is 5.89. The van der Waals surface area contributed by atoms with Crippen LogP contribution in [0.2, 0.25) is 0 Å². The van der Waals surface area contributed by atoms with Gasteiger partial charge >= 0.3 is 5.97 Å². The lowest BCUT2D eigenvalue weighted by Gasteiger charge is -2.34. The number of aliphatic hydroxyl groups excluding tert-OH is 1. The van der Waals surface area contributed by atoms with Gasteiger partial charge in [-0.3, -0.25) is 0 Å². The summed E-state index contributed by atoms with van der Waals surface area (Å²) in [6.07, 6.45) is 2.10.